The largest absolute Gasteiger partial charge is 0.358 e. The number of rotatable bonds is 1. The van der Waals surface area contributed by atoms with E-state index >= 15 is 0 Å². The fraction of sp³-hybridized carbons (Fsp3) is 0.385. The minimum absolute atomic E-state index is 1.09. The summed E-state index contributed by atoms with van der Waals surface area (Å²) in [7, 11) is 0. The number of benzene rings is 1. The number of nitrogens with one attached hydrogen (secondary N) is 1. The van der Waals surface area contributed by atoms with Gasteiger partial charge in [0.05, 0.1) is 0 Å². The molecule has 0 spiro atoms. The molecule has 2 aromatic rings. The summed E-state index contributed by atoms with van der Waals surface area (Å²) in [5.74, 6) is 0. The van der Waals surface area contributed by atoms with Gasteiger partial charge in [0.15, 0.2) is 0 Å². The Morgan fingerprint density at radius 2 is 1.93 bits per heavy atom. The maximum Gasteiger partial charge on any atom is 0.0488 e. The number of H-pyrrole nitrogens is 1. The van der Waals surface area contributed by atoms with Crippen LogP contribution in [-0.2, 0) is 6.42 Å². The highest BCUT2D eigenvalue weighted by atomic mass is 14.7. The minimum atomic E-state index is 1.09. The lowest BCUT2D eigenvalue weighted by Gasteiger charge is -1.97. The molecule has 0 bridgehead atoms. The third-order valence-corrected chi connectivity index (χ3v) is 2.26. The Labute approximate surface area is 86.2 Å². The van der Waals surface area contributed by atoms with E-state index in [-0.39, 0.29) is 0 Å². The van der Waals surface area contributed by atoms with Gasteiger partial charge in [0, 0.05) is 11.2 Å². The van der Waals surface area contributed by atoms with Gasteiger partial charge < -0.3 is 4.98 Å². The van der Waals surface area contributed by atoms with Crippen LogP contribution in [0.1, 0.15) is 32.0 Å². The number of aromatic amines is 1. The normalized spacial score (nSPS) is 9.71. The van der Waals surface area contributed by atoms with Gasteiger partial charge in [-0.2, -0.15) is 0 Å². The number of aromatic nitrogens is 1. The molecule has 0 saturated carbocycles. The van der Waals surface area contributed by atoms with E-state index in [1.165, 1.54) is 22.2 Å². The van der Waals surface area contributed by atoms with Crippen molar-refractivity contribution in [1.82, 2.24) is 4.98 Å². The van der Waals surface area contributed by atoms with Crippen molar-refractivity contribution in [2.45, 2.75) is 34.1 Å². The van der Waals surface area contributed by atoms with Gasteiger partial charge in [0.1, 0.15) is 0 Å². The molecule has 0 aliphatic rings. The Balaban J connectivity index is 0.000000461. The zero-order valence-electron chi connectivity index (χ0n) is 9.52. The molecular formula is C13H19N. The van der Waals surface area contributed by atoms with Crippen LogP contribution in [0.15, 0.2) is 24.3 Å². The molecule has 0 saturated heterocycles. The van der Waals surface area contributed by atoms with Crippen molar-refractivity contribution >= 4 is 10.9 Å². The molecule has 2 rings (SSSR count). The van der Waals surface area contributed by atoms with Gasteiger partial charge in [0.25, 0.3) is 0 Å². The summed E-state index contributed by atoms with van der Waals surface area (Å²) in [5.41, 5.74) is 3.95. The van der Waals surface area contributed by atoms with E-state index in [4.69, 9.17) is 0 Å². The number of hydrogen-bond donors (Lipinski definition) is 1. The van der Waals surface area contributed by atoms with Crippen LogP contribution >= 0.6 is 0 Å². The quantitative estimate of drug-likeness (QED) is 0.696. The lowest BCUT2D eigenvalue weighted by atomic mass is 10.1. The molecule has 1 aromatic heterocycles. The van der Waals surface area contributed by atoms with Gasteiger partial charge in [-0.25, -0.2) is 0 Å². The van der Waals surface area contributed by atoms with Crippen LogP contribution in [0.2, 0.25) is 0 Å². The molecule has 1 N–H and O–H groups in total. The van der Waals surface area contributed by atoms with E-state index in [0.29, 0.717) is 0 Å². The first-order valence-electron chi connectivity index (χ1n) is 5.38. The Bertz CT molecular complexity index is 399. The molecular weight excluding hydrogens is 170 g/mol. The Hall–Kier alpha value is -1.24. The van der Waals surface area contributed by atoms with Gasteiger partial charge in [-0.05, 0) is 30.4 Å². The summed E-state index contributed by atoms with van der Waals surface area (Å²) < 4.78 is 0. The van der Waals surface area contributed by atoms with Gasteiger partial charge in [0.2, 0.25) is 0 Å². The predicted octanol–water partition coefficient (Wildman–Crippen LogP) is 4.06. The Morgan fingerprint density at radius 1 is 1.21 bits per heavy atom. The molecule has 1 aromatic carbocycles. The topological polar surface area (TPSA) is 15.8 Å². The van der Waals surface area contributed by atoms with E-state index < -0.39 is 0 Å². The summed E-state index contributed by atoms with van der Waals surface area (Å²) in [6, 6.07) is 8.64. The van der Waals surface area contributed by atoms with Crippen LogP contribution in [0.25, 0.3) is 10.9 Å². The fourth-order valence-corrected chi connectivity index (χ4v) is 1.65. The molecule has 0 unspecified atom stereocenters. The molecule has 76 valence electrons. The first kappa shape index (κ1) is 10.8. The van der Waals surface area contributed by atoms with Gasteiger partial charge in [-0.3, -0.25) is 0 Å². The molecule has 1 heteroatoms. The van der Waals surface area contributed by atoms with Crippen molar-refractivity contribution in [1.29, 1.82) is 0 Å². The van der Waals surface area contributed by atoms with Crippen molar-refractivity contribution in [3.63, 3.8) is 0 Å². The van der Waals surface area contributed by atoms with Crippen molar-refractivity contribution in [3.05, 3.63) is 35.5 Å². The average molecular weight is 189 g/mol. The van der Waals surface area contributed by atoms with E-state index in [1.54, 1.807) is 0 Å². The van der Waals surface area contributed by atoms with E-state index in [0.717, 1.165) is 6.42 Å². The summed E-state index contributed by atoms with van der Waals surface area (Å²) in [5, 5.41) is 1.33. The first-order valence-corrected chi connectivity index (χ1v) is 5.38. The third-order valence-electron chi connectivity index (χ3n) is 2.26. The standard InChI is InChI=1S/C11H13N.C2H6/c1-3-9-5-4-6-10-7-8(2)12-11(9)10;1-2/h4-7,12H,3H2,1-2H3;1-2H3. The maximum absolute atomic E-state index is 3.38. The predicted molar refractivity (Wildman–Crippen MR) is 63.8 cm³/mol. The highest BCUT2D eigenvalue weighted by Crippen LogP contribution is 2.19. The SMILES string of the molecule is CC.CCc1cccc2cc(C)[nH]c12. The zero-order valence-corrected chi connectivity index (χ0v) is 9.52. The molecule has 0 aliphatic heterocycles. The molecule has 0 fully saturated rings. The van der Waals surface area contributed by atoms with E-state index in [9.17, 15) is 0 Å². The monoisotopic (exact) mass is 189 g/mol. The number of fused-ring (bicyclic) bond motifs is 1. The number of para-hydroxylation sites is 1. The van der Waals surface area contributed by atoms with Gasteiger partial charge in [-0.15, -0.1) is 0 Å². The van der Waals surface area contributed by atoms with Crippen LogP contribution in [0, 0.1) is 6.92 Å². The number of hydrogen-bond acceptors (Lipinski definition) is 0. The second kappa shape index (κ2) is 4.85. The molecule has 1 heterocycles. The lowest BCUT2D eigenvalue weighted by Crippen LogP contribution is -1.81. The summed E-state index contributed by atoms with van der Waals surface area (Å²) >= 11 is 0. The first-order chi connectivity index (χ1) is 6.81. The second-order valence-corrected chi connectivity index (χ2v) is 3.19. The Kier molecular flexibility index (Phi) is 3.75. The minimum Gasteiger partial charge on any atom is -0.358 e. The van der Waals surface area contributed by atoms with Gasteiger partial charge >= 0.3 is 0 Å². The summed E-state index contributed by atoms with van der Waals surface area (Å²) in [6.07, 6.45) is 1.09. The Morgan fingerprint density at radius 3 is 2.57 bits per heavy atom. The molecule has 0 radical (unpaired) electrons. The average Bonchev–Trinajstić information content (AvgIpc) is 2.60. The lowest BCUT2D eigenvalue weighted by molar-refractivity contribution is 1.14. The smallest absolute Gasteiger partial charge is 0.0488 e. The van der Waals surface area contributed by atoms with Crippen molar-refractivity contribution < 1.29 is 0 Å². The van der Waals surface area contributed by atoms with E-state index in [2.05, 4.69) is 43.1 Å². The van der Waals surface area contributed by atoms with Crippen LogP contribution < -0.4 is 0 Å². The molecule has 0 aliphatic carbocycles. The van der Waals surface area contributed by atoms with Crippen LogP contribution in [0.3, 0.4) is 0 Å². The molecule has 0 atom stereocenters. The van der Waals surface area contributed by atoms with Crippen LogP contribution in [0.4, 0.5) is 0 Å². The van der Waals surface area contributed by atoms with Crippen molar-refractivity contribution in [2.24, 2.45) is 0 Å². The van der Waals surface area contributed by atoms with Crippen molar-refractivity contribution in [2.75, 3.05) is 0 Å². The second-order valence-electron chi connectivity index (χ2n) is 3.19. The van der Waals surface area contributed by atoms with Gasteiger partial charge in [-0.1, -0.05) is 39.0 Å². The van der Waals surface area contributed by atoms with E-state index in [1.807, 2.05) is 13.8 Å². The summed E-state index contributed by atoms with van der Waals surface area (Å²) in [6.45, 7) is 8.28. The molecule has 14 heavy (non-hydrogen) atoms. The molecule has 1 nitrogen and oxygen atoms in total. The fourth-order valence-electron chi connectivity index (χ4n) is 1.65. The zero-order chi connectivity index (χ0) is 10.6. The number of aryl methyl sites for hydroxylation is 2. The summed E-state index contributed by atoms with van der Waals surface area (Å²) in [4.78, 5) is 3.38. The maximum atomic E-state index is 3.38. The highest BCUT2D eigenvalue weighted by Gasteiger charge is 2.00. The third kappa shape index (κ3) is 1.98. The van der Waals surface area contributed by atoms with Crippen LogP contribution in [-0.4, -0.2) is 4.98 Å². The van der Waals surface area contributed by atoms with Crippen LogP contribution in [0.5, 0.6) is 0 Å². The highest BCUT2D eigenvalue weighted by molar-refractivity contribution is 5.83. The van der Waals surface area contributed by atoms with Crippen molar-refractivity contribution in [3.8, 4) is 0 Å². The molecule has 0 amide bonds.